The summed E-state index contributed by atoms with van der Waals surface area (Å²) in [6.45, 7) is 0.606. The molecule has 150 valence electrons. The molecule has 0 aliphatic heterocycles. The summed E-state index contributed by atoms with van der Waals surface area (Å²) in [6.07, 6.45) is 4.42. The maximum Gasteiger partial charge on any atom is 0.254 e. The maximum absolute atomic E-state index is 12.3. The fourth-order valence-corrected chi connectivity index (χ4v) is 3.78. The Hall–Kier alpha value is -2.67. The minimum absolute atomic E-state index is 0.174. The van der Waals surface area contributed by atoms with Gasteiger partial charge in [0, 0.05) is 30.4 Å². The van der Waals surface area contributed by atoms with E-state index in [9.17, 15) is 9.90 Å². The molecule has 7 heteroatoms. The van der Waals surface area contributed by atoms with Crippen LogP contribution in [0, 0.1) is 0 Å². The SMILES string of the molecule is O=C(NC[C@H](O)CNC1Cc2ccccc2C1)c1cnn(-c2cccc(Cl)c2)c1. The molecule has 0 bridgehead atoms. The molecule has 1 atom stereocenters. The number of fused-ring (bicyclic) bond motifs is 1. The molecule has 29 heavy (non-hydrogen) atoms. The van der Waals surface area contributed by atoms with Crippen LogP contribution in [-0.2, 0) is 12.8 Å². The molecule has 2 aromatic carbocycles. The molecule has 0 unspecified atom stereocenters. The smallest absolute Gasteiger partial charge is 0.254 e. The molecule has 0 fully saturated rings. The van der Waals surface area contributed by atoms with E-state index in [1.165, 1.54) is 17.3 Å². The number of nitrogens with one attached hydrogen (secondary N) is 2. The molecular formula is C22H23ClN4O2. The van der Waals surface area contributed by atoms with Gasteiger partial charge in [-0.15, -0.1) is 0 Å². The number of halogens is 1. The van der Waals surface area contributed by atoms with E-state index in [2.05, 4.69) is 40.0 Å². The highest BCUT2D eigenvalue weighted by Crippen LogP contribution is 2.21. The van der Waals surface area contributed by atoms with Crippen molar-refractivity contribution in [2.24, 2.45) is 0 Å². The number of aliphatic hydroxyl groups excluding tert-OH is 1. The molecule has 6 nitrogen and oxygen atoms in total. The third-order valence-electron chi connectivity index (χ3n) is 5.11. The van der Waals surface area contributed by atoms with E-state index in [0.717, 1.165) is 18.5 Å². The van der Waals surface area contributed by atoms with E-state index in [-0.39, 0.29) is 12.5 Å². The predicted molar refractivity (Wildman–Crippen MR) is 113 cm³/mol. The second kappa shape index (κ2) is 8.78. The van der Waals surface area contributed by atoms with Crippen LogP contribution in [-0.4, -0.2) is 46.0 Å². The van der Waals surface area contributed by atoms with Crippen LogP contribution in [0.25, 0.3) is 5.69 Å². The van der Waals surface area contributed by atoms with E-state index < -0.39 is 6.10 Å². The number of aromatic nitrogens is 2. The molecule has 1 amide bonds. The van der Waals surface area contributed by atoms with Crippen LogP contribution in [0.2, 0.25) is 5.02 Å². The van der Waals surface area contributed by atoms with E-state index in [0.29, 0.717) is 23.2 Å². The summed E-state index contributed by atoms with van der Waals surface area (Å²) in [5.74, 6) is -0.273. The van der Waals surface area contributed by atoms with Crippen molar-refractivity contribution >= 4 is 17.5 Å². The van der Waals surface area contributed by atoms with Gasteiger partial charge in [-0.3, -0.25) is 4.79 Å². The van der Waals surface area contributed by atoms with Crippen molar-refractivity contribution in [1.82, 2.24) is 20.4 Å². The van der Waals surface area contributed by atoms with Crippen LogP contribution >= 0.6 is 11.6 Å². The zero-order valence-electron chi connectivity index (χ0n) is 15.9. The first-order valence-corrected chi connectivity index (χ1v) is 10.0. The highest BCUT2D eigenvalue weighted by Gasteiger charge is 2.21. The van der Waals surface area contributed by atoms with Gasteiger partial charge in [0.05, 0.1) is 23.6 Å². The van der Waals surface area contributed by atoms with E-state index in [4.69, 9.17) is 11.6 Å². The zero-order valence-corrected chi connectivity index (χ0v) is 16.6. The Morgan fingerprint density at radius 2 is 1.93 bits per heavy atom. The number of benzene rings is 2. The molecule has 0 saturated heterocycles. The first-order chi connectivity index (χ1) is 14.1. The van der Waals surface area contributed by atoms with Crippen LogP contribution < -0.4 is 10.6 Å². The number of amides is 1. The third-order valence-corrected chi connectivity index (χ3v) is 5.34. The minimum Gasteiger partial charge on any atom is -0.390 e. The standard InChI is InChI=1S/C22H23ClN4O2/c23-18-6-3-7-20(10-18)27-14-17(11-26-27)22(29)25-13-21(28)12-24-19-8-15-4-1-2-5-16(15)9-19/h1-7,10-11,14,19,21,24,28H,8-9,12-13H2,(H,25,29)/t21-/m1/s1. The van der Waals surface area contributed by atoms with Crippen LogP contribution in [0.5, 0.6) is 0 Å². The number of carbonyl (C=O) groups is 1. The van der Waals surface area contributed by atoms with Gasteiger partial charge in [-0.25, -0.2) is 4.68 Å². The average Bonchev–Trinajstić information content (AvgIpc) is 3.37. The highest BCUT2D eigenvalue weighted by atomic mass is 35.5. The lowest BCUT2D eigenvalue weighted by molar-refractivity contribution is 0.0914. The van der Waals surface area contributed by atoms with E-state index in [1.807, 2.05) is 12.1 Å². The molecule has 3 N–H and O–H groups in total. The van der Waals surface area contributed by atoms with Gasteiger partial charge in [0.15, 0.2) is 0 Å². The lowest BCUT2D eigenvalue weighted by Crippen LogP contribution is -2.41. The van der Waals surface area contributed by atoms with E-state index in [1.54, 1.807) is 23.0 Å². The summed E-state index contributed by atoms with van der Waals surface area (Å²) in [7, 11) is 0. The van der Waals surface area contributed by atoms with Crippen molar-refractivity contribution in [1.29, 1.82) is 0 Å². The largest absolute Gasteiger partial charge is 0.390 e. The van der Waals surface area contributed by atoms with E-state index >= 15 is 0 Å². The zero-order chi connectivity index (χ0) is 20.2. The summed E-state index contributed by atoms with van der Waals surface area (Å²) in [4.78, 5) is 12.3. The minimum atomic E-state index is -0.661. The molecule has 3 aromatic rings. The Labute approximate surface area is 174 Å². The monoisotopic (exact) mass is 410 g/mol. The number of hydrogen-bond acceptors (Lipinski definition) is 4. The Bertz CT molecular complexity index is 979. The Balaban J connectivity index is 1.24. The molecule has 1 aromatic heterocycles. The molecule has 0 spiro atoms. The molecule has 1 aliphatic carbocycles. The number of rotatable bonds is 7. The van der Waals surface area contributed by atoms with Crippen molar-refractivity contribution in [2.75, 3.05) is 13.1 Å². The fourth-order valence-electron chi connectivity index (χ4n) is 3.59. The summed E-state index contributed by atoms with van der Waals surface area (Å²) < 4.78 is 1.59. The van der Waals surface area contributed by atoms with Crippen LogP contribution in [0.3, 0.4) is 0 Å². The van der Waals surface area contributed by atoms with Crippen molar-refractivity contribution in [3.05, 3.63) is 82.6 Å². The van der Waals surface area contributed by atoms with Crippen molar-refractivity contribution in [3.63, 3.8) is 0 Å². The second-order valence-corrected chi connectivity index (χ2v) is 7.74. The van der Waals surface area contributed by atoms with Crippen molar-refractivity contribution in [3.8, 4) is 5.69 Å². The molecule has 0 radical (unpaired) electrons. The molecule has 1 aliphatic rings. The maximum atomic E-state index is 12.3. The summed E-state index contributed by atoms with van der Waals surface area (Å²) >= 11 is 6.00. The van der Waals surface area contributed by atoms with Crippen molar-refractivity contribution in [2.45, 2.75) is 25.0 Å². The van der Waals surface area contributed by atoms with Gasteiger partial charge in [-0.2, -0.15) is 5.10 Å². The van der Waals surface area contributed by atoms with Crippen LogP contribution in [0.4, 0.5) is 0 Å². The molecule has 1 heterocycles. The topological polar surface area (TPSA) is 79.2 Å². The normalized spacial score (nSPS) is 14.6. The quantitative estimate of drug-likeness (QED) is 0.558. The number of aliphatic hydroxyl groups is 1. The predicted octanol–water partition coefficient (Wildman–Crippen LogP) is 2.37. The van der Waals surface area contributed by atoms with Gasteiger partial charge in [-0.1, -0.05) is 41.9 Å². The number of hydrogen-bond donors (Lipinski definition) is 3. The van der Waals surface area contributed by atoms with Gasteiger partial charge >= 0.3 is 0 Å². The lowest BCUT2D eigenvalue weighted by Gasteiger charge is -2.16. The lowest BCUT2D eigenvalue weighted by atomic mass is 10.1. The Morgan fingerprint density at radius 3 is 2.66 bits per heavy atom. The van der Waals surface area contributed by atoms with Crippen molar-refractivity contribution < 1.29 is 9.90 Å². The van der Waals surface area contributed by atoms with Gasteiger partial charge in [-0.05, 0) is 42.2 Å². The van der Waals surface area contributed by atoms with Crippen LogP contribution in [0.1, 0.15) is 21.5 Å². The van der Waals surface area contributed by atoms with Gasteiger partial charge in [0.2, 0.25) is 0 Å². The Kier molecular flexibility index (Phi) is 5.94. The van der Waals surface area contributed by atoms with Gasteiger partial charge < -0.3 is 15.7 Å². The third kappa shape index (κ3) is 4.85. The summed E-state index contributed by atoms with van der Waals surface area (Å²) in [6, 6.07) is 16.0. The molecule has 4 rings (SSSR count). The first kappa shape index (κ1) is 19.6. The second-order valence-electron chi connectivity index (χ2n) is 7.30. The molecule has 0 saturated carbocycles. The van der Waals surface area contributed by atoms with Gasteiger partial charge in [0.1, 0.15) is 0 Å². The average molecular weight is 411 g/mol. The number of carbonyl (C=O) groups excluding carboxylic acids is 1. The van der Waals surface area contributed by atoms with Crippen LogP contribution in [0.15, 0.2) is 60.9 Å². The molecular weight excluding hydrogens is 388 g/mol. The van der Waals surface area contributed by atoms with Gasteiger partial charge in [0.25, 0.3) is 5.91 Å². The summed E-state index contributed by atoms with van der Waals surface area (Å²) in [5, 5.41) is 21.2. The first-order valence-electron chi connectivity index (χ1n) is 9.65. The number of nitrogens with zero attached hydrogens (tertiary/aromatic N) is 2. The highest BCUT2D eigenvalue weighted by molar-refractivity contribution is 6.30. The Morgan fingerprint density at radius 1 is 1.17 bits per heavy atom. The summed E-state index contributed by atoms with van der Waals surface area (Å²) in [5.41, 5.74) is 3.93. The fraction of sp³-hybridized carbons (Fsp3) is 0.273.